The Bertz CT molecular complexity index is 1060. The number of pyridine rings is 1. The molecule has 2 heterocycles. The van der Waals surface area contributed by atoms with E-state index in [0.717, 1.165) is 55.4 Å². The SMILES string of the molecule is Cc1cc(C)c(C#N)c(N2CC[NH+](Cc3c(C)ccc4ccccc34)CC2)[nH+]1. The van der Waals surface area contributed by atoms with Crippen LogP contribution >= 0.6 is 0 Å². The minimum atomic E-state index is 0.777. The van der Waals surface area contributed by atoms with Crippen LogP contribution in [0.25, 0.3) is 10.8 Å². The van der Waals surface area contributed by atoms with E-state index in [2.05, 4.69) is 66.2 Å². The van der Waals surface area contributed by atoms with Crippen molar-refractivity contribution in [3.63, 3.8) is 0 Å². The van der Waals surface area contributed by atoms with Crippen LogP contribution in [0.2, 0.25) is 0 Å². The molecule has 28 heavy (non-hydrogen) atoms. The third-order valence-corrected chi connectivity index (χ3v) is 5.98. The van der Waals surface area contributed by atoms with E-state index < -0.39 is 0 Å². The largest absolute Gasteiger partial charge is 0.325 e. The van der Waals surface area contributed by atoms with E-state index in [1.165, 1.54) is 21.9 Å². The van der Waals surface area contributed by atoms with Crippen LogP contribution in [0.15, 0.2) is 42.5 Å². The van der Waals surface area contributed by atoms with Crippen molar-refractivity contribution in [2.75, 3.05) is 31.1 Å². The Morgan fingerprint density at radius 1 is 1.04 bits per heavy atom. The van der Waals surface area contributed by atoms with E-state index in [1.54, 1.807) is 4.90 Å². The van der Waals surface area contributed by atoms with Crippen LogP contribution in [0.3, 0.4) is 0 Å². The fraction of sp³-hybridized carbons (Fsp3) is 0.333. The highest BCUT2D eigenvalue weighted by Crippen LogP contribution is 2.22. The smallest absolute Gasteiger partial charge is 0.293 e. The van der Waals surface area contributed by atoms with Gasteiger partial charge in [-0.15, -0.1) is 0 Å². The summed E-state index contributed by atoms with van der Waals surface area (Å²) in [5, 5.41) is 12.3. The molecular formula is C24H28N4+2. The molecule has 2 N–H and O–H groups in total. The van der Waals surface area contributed by atoms with Crippen LogP contribution in [0.5, 0.6) is 0 Å². The second-order valence-electron chi connectivity index (χ2n) is 7.97. The lowest BCUT2D eigenvalue weighted by atomic mass is 9.99. The highest BCUT2D eigenvalue weighted by molar-refractivity contribution is 5.86. The normalized spacial score (nSPS) is 15.0. The molecule has 4 rings (SSSR count). The summed E-state index contributed by atoms with van der Waals surface area (Å²) < 4.78 is 0. The summed E-state index contributed by atoms with van der Waals surface area (Å²) >= 11 is 0. The lowest BCUT2D eigenvalue weighted by molar-refractivity contribution is -0.914. The van der Waals surface area contributed by atoms with Gasteiger partial charge in [0.2, 0.25) is 0 Å². The number of nitrogens with zero attached hydrogens (tertiary/aromatic N) is 2. The van der Waals surface area contributed by atoms with Crippen LogP contribution in [-0.2, 0) is 6.54 Å². The number of nitrogens with one attached hydrogen (secondary N) is 2. The molecule has 1 aliphatic heterocycles. The van der Waals surface area contributed by atoms with Crippen LogP contribution in [0.4, 0.5) is 5.82 Å². The first-order valence-corrected chi connectivity index (χ1v) is 10.1. The molecule has 0 bridgehead atoms. The van der Waals surface area contributed by atoms with Gasteiger partial charge in [-0.2, -0.15) is 5.26 Å². The van der Waals surface area contributed by atoms with Crippen molar-refractivity contribution in [3.8, 4) is 6.07 Å². The Hall–Kier alpha value is -2.90. The Kier molecular flexibility index (Phi) is 5.02. The summed E-state index contributed by atoms with van der Waals surface area (Å²) in [6.45, 7) is 11.4. The minimum Gasteiger partial charge on any atom is -0.325 e. The van der Waals surface area contributed by atoms with Crippen LogP contribution < -0.4 is 14.8 Å². The number of anilines is 1. The van der Waals surface area contributed by atoms with Gasteiger partial charge in [0.1, 0.15) is 44.4 Å². The number of nitriles is 1. The molecule has 2 aromatic carbocycles. The van der Waals surface area contributed by atoms with Gasteiger partial charge < -0.3 is 4.90 Å². The Balaban J connectivity index is 1.52. The predicted octanol–water partition coefficient (Wildman–Crippen LogP) is 2.36. The number of aromatic amines is 1. The number of hydrogen-bond acceptors (Lipinski definition) is 2. The molecule has 142 valence electrons. The highest BCUT2D eigenvalue weighted by atomic mass is 15.3. The number of hydrogen-bond donors (Lipinski definition) is 1. The molecular weight excluding hydrogens is 344 g/mol. The molecule has 0 amide bonds. The summed E-state index contributed by atoms with van der Waals surface area (Å²) in [5.41, 5.74) is 5.78. The molecule has 1 aromatic heterocycles. The van der Waals surface area contributed by atoms with Gasteiger partial charge in [0.25, 0.3) is 5.82 Å². The van der Waals surface area contributed by atoms with Crippen LogP contribution in [0.1, 0.15) is 27.9 Å². The standard InChI is InChI=1S/C24H26N4/c1-17-8-9-20-6-4-5-7-21(20)23(17)16-27-10-12-28(13-11-27)24-22(15-25)18(2)14-19(3)26-24/h4-9,14H,10-13,16H2,1-3H3/p+2. The third-order valence-electron chi connectivity index (χ3n) is 5.98. The van der Waals surface area contributed by atoms with Crippen molar-refractivity contribution in [1.29, 1.82) is 5.26 Å². The van der Waals surface area contributed by atoms with Crippen molar-refractivity contribution in [2.24, 2.45) is 0 Å². The van der Waals surface area contributed by atoms with Crippen molar-refractivity contribution in [3.05, 3.63) is 70.4 Å². The van der Waals surface area contributed by atoms with Gasteiger partial charge in [-0.1, -0.05) is 36.4 Å². The lowest BCUT2D eigenvalue weighted by Crippen LogP contribution is -3.13. The summed E-state index contributed by atoms with van der Waals surface area (Å²) in [4.78, 5) is 7.38. The summed E-state index contributed by atoms with van der Waals surface area (Å²) in [6, 6.07) is 17.6. The van der Waals surface area contributed by atoms with Gasteiger partial charge in [-0.25, -0.2) is 9.88 Å². The maximum absolute atomic E-state index is 9.60. The van der Waals surface area contributed by atoms with E-state index in [9.17, 15) is 5.26 Å². The first-order chi connectivity index (χ1) is 13.6. The zero-order valence-electron chi connectivity index (χ0n) is 17.0. The number of piperazine rings is 1. The molecule has 1 saturated heterocycles. The third kappa shape index (κ3) is 3.46. The fourth-order valence-corrected chi connectivity index (χ4v) is 4.40. The number of H-pyrrole nitrogens is 1. The quantitative estimate of drug-likeness (QED) is 0.767. The van der Waals surface area contributed by atoms with E-state index >= 15 is 0 Å². The van der Waals surface area contributed by atoms with E-state index in [-0.39, 0.29) is 0 Å². The Morgan fingerprint density at radius 2 is 1.79 bits per heavy atom. The lowest BCUT2D eigenvalue weighted by Gasteiger charge is -2.29. The Labute approximate surface area is 167 Å². The fourth-order valence-electron chi connectivity index (χ4n) is 4.40. The zero-order valence-corrected chi connectivity index (χ0v) is 17.0. The van der Waals surface area contributed by atoms with Gasteiger partial charge in [0, 0.05) is 5.56 Å². The van der Waals surface area contributed by atoms with E-state index in [4.69, 9.17) is 0 Å². The molecule has 1 fully saturated rings. The first-order valence-electron chi connectivity index (χ1n) is 10.1. The van der Waals surface area contributed by atoms with Crippen LogP contribution in [0, 0.1) is 32.1 Å². The maximum atomic E-state index is 9.60. The molecule has 0 spiro atoms. The number of aromatic nitrogens is 1. The first kappa shape index (κ1) is 18.5. The van der Waals surface area contributed by atoms with Crippen molar-refractivity contribution < 1.29 is 9.88 Å². The number of quaternary nitrogens is 1. The molecule has 4 heteroatoms. The zero-order chi connectivity index (χ0) is 19.7. The van der Waals surface area contributed by atoms with Crippen molar-refractivity contribution >= 4 is 16.6 Å². The number of fused-ring (bicyclic) bond motifs is 1. The van der Waals surface area contributed by atoms with Crippen LogP contribution in [-0.4, -0.2) is 26.2 Å². The molecule has 0 unspecified atom stereocenters. The average Bonchev–Trinajstić information content (AvgIpc) is 2.70. The average molecular weight is 373 g/mol. The van der Waals surface area contributed by atoms with Gasteiger partial charge in [0.05, 0.1) is 5.69 Å². The Morgan fingerprint density at radius 3 is 2.54 bits per heavy atom. The molecule has 0 saturated carbocycles. The van der Waals surface area contributed by atoms with E-state index in [0.29, 0.717) is 0 Å². The summed E-state index contributed by atoms with van der Waals surface area (Å²) in [6.07, 6.45) is 0. The highest BCUT2D eigenvalue weighted by Gasteiger charge is 2.30. The number of rotatable bonds is 3. The molecule has 0 atom stereocenters. The second kappa shape index (κ2) is 7.61. The van der Waals surface area contributed by atoms with Gasteiger partial charge in [-0.05, 0) is 48.7 Å². The monoisotopic (exact) mass is 372 g/mol. The minimum absolute atomic E-state index is 0.777. The number of aryl methyl sites for hydroxylation is 3. The maximum Gasteiger partial charge on any atom is 0.293 e. The van der Waals surface area contributed by atoms with Gasteiger partial charge >= 0.3 is 0 Å². The molecule has 1 aliphatic rings. The number of benzene rings is 2. The van der Waals surface area contributed by atoms with Gasteiger partial charge in [-0.3, -0.25) is 0 Å². The van der Waals surface area contributed by atoms with Crippen molar-refractivity contribution in [1.82, 2.24) is 0 Å². The molecule has 3 aromatic rings. The molecule has 0 radical (unpaired) electrons. The topological polar surface area (TPSA) is 45.6 Å². The van der Waals surface area contributed by atoms with Gasteiger partial charge in [0.15, 0.2) is 0 Å². The molecule has 4 nitrogen and oxygen atoms in total. The summed E-state index contributed by atoms with van der Waals surface area (Å²) in [5.74, 6) is 0.986. The molecule has 0 aliphatic carbocycles. The second-order valence-corrected chi connectivity index (χ2v) is 7.97. The predicted molar refractivity (Wildman–Crippen MR) is 112 cm³/mol. The van der Waals surface area contributed by atoms with E-state index in [1.807, 2.05) is 13.0 Å². The van der Waals surface area contributed by atoms with Crippen molar-refractivity contribution in [2.45, 2.75) is 27.3 Å². The summed E-state index contributed by atoms with van der Waals surface area (Å²) in [7, 11) is 0.